The van der Waals surface area contributed by atoms with Gasteiger partial charge in [-0.1, -0.05) is 27.7 Å². The third-order valence-corrected chi connectivity index (χ3v) is 5.84. The summed E-state index contributed by atoms with van der Waals surface area (Å²) >= 11 is 0. The fraction of sp³-hybridized carbons (Fsp3) is 1.00. The molecular weight excluding hydrogens is 376 g/mol. The van der Waals surface area contributed by atoms with Crippen molar-refractivity contribution >= 4 is 0 Å². The summed E-state index contributed by atoms with van der Waals surface area (Å²) in [7, 11) is 0. The first-order valence-electron chi connectivity index (χ1n) is 11.2. The molecule has 1 aliphatic rings. The van der Waals surface area contributed by atoms with Gasteiger partial charge in [0.1, 0.15) is 0 Å². The van der Waals surface area contributed by atoms with E-state index < -0.39 is 6.10 Å². The van der Waals surface area contributed by atoms with Crippen molar-refractivity contribution in [3.63, 3.8) is 0 Å². The molecule has 5 unspecified atom stereocenters. The zero-order valence-corrected chi connectivity index (χ0v) is 18.8. The number of hydrogen-bond acceptors (Lipinski definition) is 7. The predicted octanol–water partition coefficient (Wildman–Crippen LogP) is 1.86. The van der Waals surface area contributed by atoms with E-state index in [0.717, 1.165) is 12.8 Å². The highest BCUT2D eigenvalue weighted by molar-refractivity contribution is 4.90. The van der Waals surface area contributed by atoms with Crippen molar-refractivity contribution < 1.29 is 34.3 Å². The van der Waals surface area contributed by atoms with E-state index in [2.05, 4.69) is 27.7 Å². The molecule has 0 heterocycles. The lowest BCUT2D eigenvalue weighted by Crippen LogP contribution is -2.45. The fourth-order valence-corrected chi connectivity index (χ4v) is 4.07. The minimum atomic E-state index is -0.706. The van der Waals surface area contributed by atoms with Crippen LogP contribution in [0.4, 0.5) is 0 Å². The Morgan fingerprint density at radius 3 is 1.69 bits per heavy atom. The molecule has 7 heteroatoms. The van der Waals surface area contributed by atoms with Crippen molar-refractivity contribution in [3.8, 4) is 0 Å². The van der Waals surface area contributed by atoms with Gasteiger partial charge in [-0.05, 0) is 42.9 Å². The van der Waals surface area contributed by atoms with E-state index in [1.807, 2.05) is 0 Å². The molecule has 0 amide bonds. The monoisotopic (exact) mass is 420 g/mol. The molecule has 1 rings (SSSR count). The molecule has 0 radical (unpaired) electrons. The van der Waals surface area contributed by atoms with E-state index in [1.54, 1.807) is 0 Å². The highest BCUT2D eigenvalue weighted by Gasteiger charge is 2.40. The Balaban J connectivity index is 2.48. The normalized spacial score (nSPS) is 26.4. The first kappa shape index (κ1) is 26.8. The van der Waals surface area contributed by atoms with Crippen molar-refractivity contribution in [1.29, 1.82) is 0 Å². The quantitative estimate of drug-likeness (QED) is 0.328. The minimum Gasteiger partial charge on any atom is -0.394 e. The van der Waals surface area contributed by atoms with Crippen LogP contribution in [-0.2, 0) is 18.9 Å². The predicted molar refractivity (Wildman–Crippen MR) is 112 cm³/mol. The van der Waals surface area contributed by atoms with Crippen molar-refractivity contribution in [2.24, 2.45) is 23.7 Å². The Bertz CT molecular complexity index is 391. The summed E-state index contributed by atoms with van der Waals surface area (Å²) in [6.45, 7) is 11.6. The third kappa shape index (κ3) is 10.5. The first-order valence-corrected chi connectivity index (χ1v) is 11.2. The van der Waals surface area contributed by atoms with Crippen LogP contribution in [0.1, 0.15) is 47.0 Å². The van der Waals surface area contributed by atoms with Gasteiger partial charge in [0.25, 0.3) is 0 Å². The molecule has 0 aliphatic heterocycles. The molecule has 174 valence electrons. The number of aliphatic hydroxyl groups is 3. The molecule has 0 aromatic heterocycles. The van der Waals surface area contributed by atoms with Crippen LogP contribution in [0.5, 0.6) is 0 Å². The van der Waals surface area contributed by atoms with E-state index in [0.29, 0.717) is 69.7 Å². The molecule has 5 atom stereocenters. The smallest absolute Gasteiger partial charge is 0.0792 e. The second kappa shape index (κ2) is 15.5. The summed E-state index contributed by atoms with van der Waals surface area (Å²) in [5.41, 5.74) is 0. The molecule has 7 nitrogen and oxygen atoms in total. The van der Waals surface area contributed by atoms with E-state index in [-0.39, 0.29) is 25.4 Å². The summed E-state index contributed by atoms with van der Waals surface area (Å²) in [4.78, 5) is 0. The van der Waals surface area contributed by atoms with Gasteiger partial charge in [0, 0.05) is 6.61 Å². The van der Waals surface area contributed by atoms with Gasteiger partial charge >= 0.3 is 0 Å². The van der Waals surface area contributed by atoms with Crippen molar-refractivity contribution in [2.75, 3.05) is 52.9 Å². The van der Waals surface area contributed by atoms with Gasteiger partial charge in [0.05, 0.1) is 64.6 Å². The zero-order valence-electron chi connectivity index (χ0n) is 18.8. The molecule has 1 fully saturated rings. The van der Waals surface area contributed by atoms with Gasteiger partial charge in [-0.3, -0.25) is 0 Å². The van der Waals surface area contributed by atoms with Gasteiger partial charge in [-0.15, -0.1) is 0 Å². The fourth-order valence-electron chi connectivity index (χ4n) is 4.07. The molecule has 0 spiro atoms. The average Bonchev–Trinajstić information content (AvgIpc) is 2.69. The Hall–Kier alpha value is -0.280. The Labute approximate surface area is 176 Å². The second-order valence-electron chi connectivity index (χ2n) is 8.68. The molecule has 3 N–H and O–H groups in total. The van der Waals surface area contributed by atoms with Crippen molar-refractivity contribution in [1.82, 2.24) is 0 Å². The van der Waals surface area contributed by atoms with E-state index in [4.69, 9.17) is 29.2 Å². The highest BCUT2D eigenvalue weighted by atomic mass is 16.5. The van der Waals surface area contributed by atoms with E-state index in [9.17, 15) is 5.11 Å². The summed E-state index contributed by atoms with van der Waals surface area (Å²) in [6.07, 6.45) is 2.03. The standard InChI is InChI=1S/C22H44O7/c1-16(2)19-14-22(29-12-11-27-10-9-26-8-6-23)20(17(3)4)13-21(19)28-7-5-18(25)15-24/h16-25H,5-15H2,1-4H3. The topological polar surface area (TPSA) is 97.6 Å². The molecule has 0 bridgehead atoms. The lowest BCUT2D eigenvalue weighted by molar-refractivity contribution is -0.123. The van der Waals surface area contributed by atoms with Crippen LogP contribution in [0.3, 0.4) is 0 Å². The molecule has 0 aromatic rings. The van der Waals surface area contributed by atoms with Gasteiger partial charge in [0.15, 0.2) is 0 Å². The van der Waals surface area contributed by atoms with E-state index in [1.165, 1.54) is 0 Å². The van der Waals surface area contributed by atoms with Crippen LogP contribution >= 0.6 is 0 Å². The van der Waals surface area contributed by atoms with Crippen molar-refractivity contribution in [3.05, 3.63) is 0 Å². The van der Waals surface area contributed by atoms with Crippen LogP contribution in [0.2, 0.25) is 0 Å². The average molecular weight is 421 g/mol. The molecule has 29 heavy (non-hydrogen) atoms. The summed E-state index contributed by atoms with van der Waals surface area (Å²) in [5, 5.41) is 27.2. The third-order valence-electron chi connectivity index (χ3n) is 5.84. The number of rotatable bonds is 16. The summed E-state index contributed by atoms with van der Waals surface area (Å²) < 4.78 is 23.1. The Morgan fingerprint density at radius 2 is 1.21 bits per heavy atom. The molecule has 1 aliphatic carbocycles. The van der Waals surface area contributed by atoms with Crippen LogP contribution in [0, 0.1) is 23.7 Å². The summed E-state index contributed by atoms with van der Waals surface area (Å²) in [6, 6.07) is 0. The highest BCUT2D eigenvalue weighted by Crippen LogP contribution is 2.40. The lowest BCUT2D eigenvalue weighted by Gasteiger charge is -2.44. The van der Waals surface area contributed by atoms with Gasteiger partial charge in [-0.25, -0.2) is 0 Å². The first-order chi connectivity index (χ1) is 13.9. The van der Waals surface area contributed by atoms with E-state index >= 15 is 0 Å². The van der Waals surface area contributed by atoms with Gasteiger partial charge in [-0.2, -0.15) is 0 Å². The molecular formula is C22H44O7. The number of ether oxygens (including phenoxy) is 4. The van der Waals surface area contributed by atoms with Gasteiger partial charge in [0.2, 0.25) is 0 Å². The molecule has 0 saturated heterocycles. The van der Waals surface area contributed by atoms with Gasteiger partial charge < -0.3 is 34.3 Å². The largest absolute Gasteiger partial charge is 0.394 e. The molecule has 0 aromatic carbocycles. The molecule has 1 saturated carbocycles. The van der Waals surface area contributed by atoms with Crippen LogP contribution in [0.15, 0.2) is 0 Å². The maximum absolute atomic E-state index is 9.57. The second-order valence-corrected chi connectivity index (χ2v) is 8.68. The maximum Gasteiger partial charge on any atom is 0.0792 e. The Kier molecular flexibility index (Phi) is 14.3. The minimum absolute atomic E-state index is 0.0329. The van der Waals surface area contributed by atoms with Crippen LogP contribution in [0.25, 0.3) is 0 Å². The maximum atomic E-state index is 9.57. The Morgan fingerprint density at radius 1 is 0.724 bits per heavy atom. The number of hydrogen-bond donors (Lipinski definition) is 3. The van der Waals surface area contributed by atoms with Crippen molar-refractivity contribution in [2.45, 2.75) is 65.3 Å². The summed E-state index contributed by atoms with van der Waals surface area (Å²) in [5.74, 6) is 1.82. The zero-order chi connectivity index (χ0) is 21.6. The van der Waals surface area contributed by atoms with Crippen LogP contribution in [-0.4, -0.2) is 86.5 Å². The van der Waals surface area contributed by atoms with Crippen LogP contribution < -0.4 is 0 Å². The number of aliphatic hydroxyl groups excluding tert-OH is 3. The lowest BCUT2D eigenvalue weighted by atomic mass is 9.70. The SMILES string of the molecule is CC(C)C1CC(OCCC(O)CO)C(C(C)C)CC1OCCOCCOCCO.